The van der Waals surface area contributed by atoms with Gasteiger partial charge in [-0.15, -0.1) is 0 Å². The Morgan fingerprint density at radius 3 is 1.49 bits per heavy atom. The number of halogens is 6. The Morgan fingerprint density at radius 2 is 0.993 bits per heavy atom. The fourth-order valence-corrected chi connectivity index (χ4v) is 25.3. The first-order valence-corrected chi connectivity index (χ1v) is 63.2. The van der Waals surface area contributed by atoms with Crippen LogP contribution in [0.5, 0.6) is 5.75 Å². The zero-order chi connectivity index (χ0) is 104. The maximum absolute atomic E-state index is 12.5. The molecule has 4 amide bonds. The zero-order valence-corrected chi connectivity index (χ0v) is 97.6. The third kappa shape index (κ3) is 27.3. The number of aromatic nitrogens is 2. The number of carbonyl (C=O) groups excluding carboxylic acids is 8. The molecule has 2 N–H and O–H groups in total. The summed E-state index contributed by atoms with van der Waals surface area (Å²) in [6, 6.07) is 43.9. The van der Waals surface area contributed by atoms with Crippen molar-refractivity contribution in [2.24, 2.45) is 29.6 Å². The zero-order valence-electron chi connectivity index (χ0n) is 85.1. The Balaban J connectivity index is 0.000000161. The lowest BCUT2D eigenvalue weighted by molar-refractivity contribution is -0.144. The van der Waals surface area contributed by atoms with Crippen LogP contribution < -0.4 is 10.1 Å². The van der Waals surface area contributed by atoms with Gasteiger partial charge >= 0.3 is 11.9 Å². The number of carbonyl (C=O) groups is 8. The number of ether oxygens (including phenoxy) is 3. The van der Waals surface area contributed by atoms with Crippen molar-refractivity contribution in [3.8, 4) is 34.7 Å². The summed E-state index contributed by atoms with van der Waals surface area (Å²) in [5.74, 6) is 3.11. The minimum atomic E-state index is -1.80. The van der Waals surface area contributed by atoms with Gasteiger partial charge in [-0.3, -0.25) is 38.4 Å². The minimum absolute atomic E-state index is 0.0161. The topological polar surface area (TPSA) is 301 Å². The van der Waals surface area contributed by atoms with Crippen LogP contribution in [0, 0.1) is 47.5 Å². The summed E-state index contributed by atoms with van der Waals surface area (Å²) in [7, 11) is -5.01. The summed E-state index contributed by atoms with van der Waals surface area (Å²) in [5, 5.41) is 28.1. The Morgan fingerprint density at radius 1 is 0.542 bits per heavy atom. The monoisotopic (exact) mass is 2370 g/mol. The van der Waals surface area contributed by atoms with Crippen molar-refractivity contribution in [3.63, 3.8) is 0 Å². The highest BCUT2D eigenvalue weighted by Crippen LogP contribution is 2.54. The Hall–Kier alpha value is -8.01. The number of hydrogen-bond acceptors (Lipinski definition) is 19. The van der Waals surface area contributed by atoms with Gasteiger partial charge in [0.15, 0.2) is 42.2 Å². The van der Waals surface area contributed by atoms with E-state index in [2.05, 4.69) is 270 Å². The van der Waals surface area contributed by atoms with Crippen LogP contribution in [-0.2, 0) is 90.0 Å². The van der Waals surface area contributed by atoms with Crippen molar-refractivity contribution in [2.75, 3.05) is 69.9 Å². The van der Waals surface area contributed by atoms with E-state index in [1.165, 1.54) is 42.3 Å². The van der Waals surface area contributed by atoms with E-state index in [9.17, 15) is 48.7 Å². The molecule has 0 bridgehead atoms. The molecule has 4 saturated heterocycles. The van der Waals surface area contributed by atoms with Crippen LogP contribution in [-0.4, -0.2) is 178 Å². The van der Waals surface area contributed by atoms with Crippen molar-refractivity contribution in [2.45, 2.75) is 252 Å². The number of esters is 2. The summed E-state index contributed by atoms with van der Waals surface area (Å²) in [6.07, 6.45) is 8.41. The number of Topliss-reactive ketones (excluding diaryl/α,β-unsaturated/α-hetero) is 2. The average Bonchev–Trinajstić information content (AvgIpc) is 1.58. The van der Waals surface area contributed by atoms with Gasteiger partial charge in [-0.05, 0) is 242 Å². The molecule has 10 aliphatic rings. The number of nitrogens with zero attached hydrogens (tertiary/aromatic N) is 7. The average molecular weight is 2380 g/mol. The molecule has 4 aliphatic heterocycles. The number of aliphatic hydroxyl groups is 1. The number of hydrogen-bond donors (Lipinski definition) is 2. The van der Waals surface area contributed by atoms with Gasteiger partial charge in [-0.1, -0.05) is 248 Å². The lowest BCUT2D eigenvalue weighted by Crippen LogP contribution is -2.43. The molecular weight excluding hydrogens is 2240 g/mol. The first-order valence-electron chi connectivity index (χ1n) is 49.0. The maximum Gasteiger partial charge on any atom is 0.316 e. The number of ketones is 2. The van der Waals surface area contributed by atoms with Gasteiger partial charge in [0.25, 0.3) is 5.89 Å². The second kappa shape index (κ2) is 49.7. The number of fused-ring (bicyclic) bond motifs is 14. The molecule has 9 atom stereocenters. The summed E-state index contributed by atoms with van der Waals surface area (Å²) in [6.45, 7) is 53.1. The fraction of sp³-hybridized carbons (Fsp3) is 0.505. The number of rotatable bonds is 22. The number of likely N-dealkylation sites (tertiary alicyclic amines) is 3. The first-order chi connectivity index (χ1) is 67.1. The normalized spacial score (nSPS) is 20.0. The summed E-state index contributed by atoms with van der Waals surface area (Å²) < 4.78 is 43.4. The molecule has 18 rings (SSSR count). The molecule has 7 aromatic carbocycles. The largest absolute Gasteiger partial charge is 0.490 e. The van der Waals surface area contributed by atoms with Crippen LogP contribution in [0.4, 0.5) is 5.69 Å². The quantitative estimate of drug-likeness (QED) is 0.0276. The molecule has 0 spiro atoms. The highest BCUT2D eigenvalue weighted by molar-refractivity contribution is 9.11. The van der Waals surface area contributed by atoms with Crippen LogP contribution in [0.15, 0.2) is 150 Å². The predicted octanol–water partition coefficient (Wildman–Crippen LogP) is 25.0. The highest BCUT2D eigenvalue weighted by atomic mass is 79.9. The Kier molecular flexibility index (Phi) is 40.0. The Labute approximate surface area is 891 Å². The van der Waals surface area contributed by atoms with E-state index in [4.69, 9.17) is 33.8 Å². The van der Waals surface area contributed by atoms with Crippen molar-refractivity contribution in [1.82, 2.24) is 30.2 Å². The fourth-order valence-electron chi connectivity index (χ4n) is 19.3. The van der Waals surface area contributed by atoms with Gasteiger partial charge in [-0.2, -0.15) is 10.2 Å². The van der Waals surface area contributed by atoms with Crippen LogP contribution >= 0.6 is 95.6 Å². The molecule has 4 fully saturated rings. The molecule has 5 heterocycles. The van der Waals surface area contributed by atoms with E-state index in [0.717, 1.165) is 97.6 Å². The highest BCUT2D eigenvalue weighted by Gasteiger charge is 2.51. The molecule has 33 heteroatoms. The van der Waals surface area contributed by atoms with Gasteiger partial charge in [0, 0.05) is 110 Å². The predicted molar refractivity (Wildman–Crippen MR) is 583 cm³/mol. The van der Waals surface area contributed by atoms with E-state index in [0.29, 0.717) is 141 Å². The number of alkyl halides is 2. The molecule has 9 unspecified atom stereocenters. The standard InChI is InChI=1S/C25H24N4O4.C20H28N2O2Si.C19H28BrNO2Si.C13H13BrO3.C11H10BrNO.C9H7BrO.C8H19BrOSi.C4H7BrO2/c1-14(2)32-21-7-6-15(10-17(21)13-26)25-27-24(28-33-25)19-5-3-4-18-20(19)11-16-12-22(31)29(8-9-30)23(16)18;1-20(2,3)25(5,6)24-11-10-22-18(23)13-14-12-16-15(19(14)22)8-7-9-17(16)21-4;1-19(2,3)24(4,5)23-10-9-21-17(22)12-13-11-15-14(18(13)21)7-6-8-16(15)20;1-2-17-12(15)7-8-6-10-9(13(8)16)4-3-5-11(10)14;12-9-3-1-2-7-8(9)4-6-5-10(14)13-11(6)7;10-8-3-1-2-7-6(8)4-5-9(7)11;1-8(2,3)11(4,5)10-7-6-9;1-2-7-4(6)3-5/h3-7,10,14,16,23,30H,8-9,11-12H2,1-2H3;7-9,14,19H,10-13H2,1-3,5-6H3;6-8,13,18H,9-12H2,1-5H3;3-5,8H,2,6-7H2,1H3;1-3,6,11H,4-5H2,(H,13,14);1-3H,4-5H2;6-7H2,1-5H3;2-3H2,1H3. The van der Waals surface area contributed by atoms with Crippen LogP contribution in [0.2, 0.25) is 54.4 Å². The van der Waals surface area contributed by atoms with Gasteiger partial charge in [0.1, 0.15) is 17.1 Å². The summed E-state index contributed by atoms with van der Waals surface area (Å²) >= 11 is 20.4. The summed E-state index contributed by atoms with van der Waals surface area (Å²) in [5.41, 5.74) is 16.4. The lowest BCUT2D eigenvalue weighted by atomic mass is 10.0. The Bertz CT molecular complexity index is 6000. The lowest BCUT2D eigenvalue weighted by Gasteiger charge is -2.37. The number of β-amino-alcohol motifs (C(OH)–C–C–N with tert-alkyl or cyclic N) is 1. The molecule has 0 radical (unpaired) electrons. The number of amides is 4. The molecule has 1 aromatic heterocycles. The van der Waals surface area contributed by atoms with Crippen LogP contribution in [0.25, 0.3) is 27.7 Å². The third-order valence-corrected chi connectivity index (χ3v) is 46.8. The van der Waals surface area contributed by atoms with Gasteiger partial charge in [0.05, 0.1) is 81.9 Å². The SMILES string of the molecule is CC(C)(C)[Si](C)(C)OCCBr.CC(C)(C)[Si](C)(C)OCCN1C(=O)CC2Cc3c(Br)cccc3C21.CC(C)Oc1ccc(-c2nc(-c3cccc4c3CC3CC(=O)N(CCO)C43)no2)cc1C#N.CCOC(=O)CBr.CCOC(=O)CC1Cc2c(Br)cccc2C1=O.O=C1CC2Cc3c(Br)cccc3C2N1.O=C1CCc2c(Br)cccc21.[C-]#[N+]c1cccc2c1CC1CC(=O)N(CCO[Si](C)(C)C(C)(C)C)C21. The maximum atomic E-state index is 12.5. The van der Waals surface area contributed by atoms with Crippen molar-refractivity contribution < 1.29 is 75.5 Å². The van der Waals surface area contributed by atoms with Gasteiger partial charge in [0.2, 0.25) is 29.5 Å². The van der Waals surface area contributed by atoms with E-state index < -0.39 is 25.0 Å². The minimum Gasteiger partial charge on any atom is -0.490 e. The number of nitriles is 1. The van der Waals surface area contributed by atoms with Crippen LogP contribution in [0.3, 0.4) is 0 Å². The number of benzene rings is 7. The number of nitrogens with one attached hydrogen (secondary N) is 1. The van der Waals surface area contributed by atoms with E-state index in [-0.39, 0.29) is 112 Å². The van der Waals surface area contributed by atoms with Crippen molar-refractivity contribution in [1.29, 1.82) is 5.26 Å². The second-order valence-corrected chi connectivity index (χ2v) is 61.3. The van der Waals surface area contributed by atoms with Gasteiger partial charge in [-0.25, -0.2) is 4.85 Å². The van der Waals surface area contributed by atoms with E-state index in [1.54, 1.807) is 36.9 Å². The molecular formula is C109H136Br6N8O16Si3. The molecule has 24 nitrogen and oxygen atoms in total. The summed E-state index contributed by atoms with van der Waals surface area (Å²) in [4.78, 5) is 108. The van der Waals surface area contributed by atoms with Crippen LogP contribution in [0.1, 0.15) is 235 Å². The van der Waals surface area contributed by atoms with Gasteiger partial charge < -0.3 is 57.1 Å². The number of aliphatic hydroxyl groups excluding tert-OH is 1. The smallest absolute Gasteiger partial charge is 0.316 e. The molecule has 762 valence electrons. The van der Waals surface area contributed by atoms with Crippen molar-refractivity contribution >= 4 is 173 Å². The molecule has 6 aliphatic carbocycles. The van der Waals surface area contributed by atoms with E-state index >= 15 is 0 Å². The second-order valence-electron chi connectivity index (χ2n) is 42.1. The molecule has 142 heavy (non-hydrogen) atoms. The molecule has 0 saturated carbocycles. The molecule has 8 aromatic rings. The van der Waals surface area contributed by atoms with Crippen molar-refractivity contribution in [3.05, 3.63) is 229 Å². The third-order valence-electron chi connectivity index (χ3n) is 29.5. The first kappa shape index (κ1) is 114. The van der Waals surface area contributed by atoms with E-state index in [1.807, 2.05) is 91.5 Å².